The smallest absolute Gasteiger partial charge is 0.317 e. The molecule has 0 aliphatic carbocycles. The molecule has 5 rings (SSSR count). The van der Waals surface area contributed by atoms with Gasteiger partial charge in [0.15, 0.2) is 0 Å². The van der Waals surface area contributed by atoms with E-state index in [2.05, 4.69) is 45.9 Å². The fourth-order valence-corrected chi connectivity index (χ4v) is 5.27. The molecule has 0 atom stereocenters. The first-order valence-corrected chi connectivity index (χ1v) is 13.7. The molecule has 1 saturated heterocycles. The zero-order valence-electron chi connectivity index (χ0n) is 22.3. The molecule has 4 aromatic rings. The van der Waals surface area contributed by atoms with Crippen LogP contribution in [0.1, 0.15) is 32.0 Å². The Balaban J connectivity index is 1.47. The van der Waals surface area contributed by atoms with Gasteiger partial charge in [0, 0.05) is 60.1 Å². The molecule has 198 valence electrons. The molecule has 0 bridgehead atoms. The number of rotatable bonds is 4. The van der Waals surface area contributed by atoms with Crippen LogP contribution in [-0.2, 0) is 6.54 Å². The molecule has 2 aromatic heterocycles. The quantitative estimate of drug-likeness (QED) is 0.301. The molecule has 0 radical (unpaired) electrons. The molecule has 1 aliphatic heterocycles. The molecule has 1 aliphatic rings. The number of benzene rings is 2. The first-order valence-electron chi connectivity index (χ1n) is 12.9. The lowest BCUT2D eigenvalue weighted by atomic mass is 10.0. The highest BCUT2D eigenvalue weighted by atomic mass is 35.5. The number of pyridine rings is 1. The van der Waals surface area contributed by atoms with Gasteiger partial charge < -0.3 is 14.6 Å². The molecule has 1 fully saturated rings. The van der Waals surface area contributed by atoms with Gasteiger partial charge in [0.2, 0.25) is 0 Å². The average molecular weight is 551 g/mol. The highest BCUT2D eigenvalue weighted by molar-refractivity contribution is 6.31. The molecular weight excluding hydrogens is 517 g/mol. The predicted molar refractivity (Wildman–Crippen MR) is 156 cm³/mol. The van der Waals surface area contributed by atoms with Crippen LogP contribution in [0.5, 0.6) is 0 Å². The minimum Gasteiger partial charge on any atom is -0.333 e. The van der Waals surface area contributed by atoms with Crippen molar-refractivity contribution in [3.8, 4) is 22.4 Å². The maximum atomic E-state index is 12.7. The van der Waals surface area contributed by atoms with E-state index in [0.29, 0.717) is 18.1 Å². The van der Waals surface area contributed by atoms with E-state index < -0.39 is 0 Å². The molecule has 2 aromatic carbocycles. The number of urea groups is 1. The number of hydrogen-bond donors (Lipinski definition) is 1. The molecule has 1 N–H and O–H groups in total. The number of fused-ring (bicyclic) bond motifs is 1. The van der Waals surface area contributed by atoms with E-state index in [1.54, 1.807) is 0 Å². The van der Waals surface area contributed by atoms with Gasteiger partial charge in [-0.25, -0.2) is 9.78 Å². The zero-order chi connectivity index (χ0) is 27.0. The van der Waals surface area contributed by atoms with Crippen molar-refractivity contribution in [3.05, 3.63) is 82.1 Å². The van der Waals surface area contributed by atoms with Crippen molar-refractivity contribution in [2.24, 2.45) is 0 Å². The zero-order valence-corrected chi connectivity index (χ0v) is 23.8. The van der Waals surface area contributed by atoms with Gasteiger partial charge in [0.1, 0.15) is 5.65 Å². The summed E-state index contributed by atoms with van der Waals surface area (Å²) in [6.45, 7) is 11.8. The van der Waals surface area contributed by atoms with Gasteiger partial charge >= 0.3 is 6.03 Å². The average Bonchev–Trinajstić information content (AvgIpc) is 3.21. The molecule has 2 amide bonds. The lowest BCUT2D eigenvalue weighted by Crippen LogP contribution is -2.54. The molecule has 6 nitrogen and oxygen atoms in total. The number of imidazole rings is 1. The molecule has 0 saturated carbocycles. The lowest BCUT2D eigenvalue weighted by molar-refractivity contribution is 0.130. The van der Waals surface area contributed by atoms with Gasteiger partial charge in [-0.1, -0.05) is 41.4 Å². The fourth-order valence-electron chi connectivity index (χ4n) is 4.91. The van der Waals surface area contributed by atoms with E-state index in [4.69, 9.17) is 28.2 Å². The second-order valence-electron chi connectivity index (χ2n) is 11.0. The second kappa shape index (κ2) is 10.6. The Kier molecular flexibility index (Phi) is 7.40. The normalized spacial score (nSPS) is 14.7. The Hall–Kier alpha value is -3.06. The molecule has 0 spiro atoms. The van der Waals surface area contributed by atoms with E-state index in [-0.39, 0.29) is 11.6 Å². The topological polar surface area (TPSA) is 52.9 Å². The summed E-state index contributed by atoms with van der Waals surface area (Å²) < 4.78 is 2.20. The van der Waals surface area contributed by atoms with Crippen molar-refractivity contribution < 1.29 is 4.79 Å². The maximum Gasteiger partial charge on any atom is 0.317 e. The Morgan fingerprint density at radius 3 is 2.24 bits per heavy atom. The van der Waals surface area contributed by atoms with E-state index in [9.17, 15) is 4.79 Å². The summed E-state index contributed by atoms with van der Waals surface area (Å²) in [6, 6.07) is 18.0. The third-order valence-electron chi connectivity index (χ3n) is 6.85. The van der Waals surface area contributed by atoms with E-state index in [0.717, 1.165) is 63.9 Å². The van der Waals surface area contributed by atoms with Gasteiger partial charge in [0.25, 0.3) is 0 Å². The third-order valence-corrected chi connectivity index (χ3v) is 7.34. The van der Waals surface area contributed by atoms with Gasteiger partial charge in [-0.3, -0.25) is 4.90 Å². The maximum absolute atomic E-state index is 12.7. The van der Waals surface area contributed by atoms with E-state index in [1.807, 2.05) is 62.1 Å². The van der Waals surface area contributed by atoms with Crippen LogP contribution in [0.4, 0.5) is 4.79 Å². The van der Waals surface area contributed by atoms with Crippen molar-refractivity contribution in [1.82, 2.24) is 24.5 Å². The fraction of sp³-hybridized carbons (Fsp3) is 0.333. The Labute approximate surface area is 234 Å². The number of halogens is 2. The van der Waals surface area contributed by atoms with Crippen molar-refractivity contribution in [2.45, 2.75) is 39.8 Å². The lowest BCUT2D eigenvalue weighted by Gasteiger charge is -2.36. The number of carbonyl (C=O) groups excluding carboxylic acids is 1. The molecule has 3 heterocycles. The number of hydrogen-bond acceptors (Lipinski definition) is 3. The molecular formula is C30H33Cl2N5O. The number of carbonyl (C=O) groups is 1. The number of aryl methyl sites for hydroxylation is 1. The number of aromatic nitrogens is 2. The van der Waals surface area contributed by atoms with Crippen LogP contribution in [0.3, 0.4) is 0 Å². The van der Waals surface area contributed by atoms with Crippen LogP contribution < -0.4 is 5.32 Å². The van der Waals surface area contributed by atoms with Crippen LogP contribution in [0, 0.1) is 6.92 Å². The van der Waals surface area contributed by atoms with Gasteiger partial charge in [0.05, 0.1) is 11.4 Å². The minimum atomic E-state index is -0.252. The minimum absolute atomic E-state index is 0.00298. The Morgan fingerprint density at radius 1 is 0.921 bits per heavy atom. The van der Waals surface area contributed by atoms with Crippen molar-refractivity contribution in [2.75, 3.05) is 26.2 Å². The number of amides is 2. The van der Waals surface area contributed by atoms with Crippen LogP contribution in [0.15, 0.2) is 60.8 Å². The Morgan fingerprint density at radius 2 is 1.58 bits per heavy atom. The van der Waals surface area contributed by atoms with Gasteiger partial charge in [-0.2, -0.15) is 0 Å². The first kappa shape index (κ1) is 26.5. The third kappa shape index (κ3) is 5.83. The summed E-state index contributed by atoms with van der Waals surface area (Å²) in [6.07, 6.45) is 2.17. The summed E-state index contributed by atoms with van der Waals surface area (Å²) in [5.74, 6) is 0. The summed E-state index contributed by atoms with van der Waals surface area (Å²) in [4.78, 5) is 22.0. The van der Waals surface area contributed by atoms with E-state index in [1.165, 1.54) is 0 Å². The monoisotopic (exact) mass is 549 g/mol. The van der Waals surface area contributed by atoms with Crippen molar-refractivity contribution in [1.29, 1.82) is 0 Å². The van der Waals surface area contributed by atoms with Crippen LogP contribution in [0.25, 0.3) is 28.0 Å². The molecule has 38 heavy (non-hydrogen) atoms. The number of nitrogens with one attached hydrogen (secondary N) is 1. The molecule has 8 heteroatoms. The highest BCUT2D eigenvalue weighted by Gasteiger charge is 2.26. The standard InChI is InChI=1S/C30H33Cl2N5O/c1-20-17-24(32)10-11-25(20)22-7-12-27-33-28(21-5-8-23(31)9-6-21)26(37(27)18-22)19-35-13-15-36(16-14-35)29(38)34-30(2,3)4/h5-12,17-18H,13-16,19H2,1-4H3,(H,34,38). The second-order valence-corrected chi connectivity index (χ2v) is 11.8. The van der Waals surface area contributed by atoms with Crippen molar-refractivity contribution in [3.63, 3.8) is 0 Å². The highest BCUT2D eigenvalue weighted by Crippen LogP contribution is 2.31. The Bertz CT molecular complexity index is 1460. The van der Waals surface area contributed by atoms with Crippen LogP contribution >= 0.6 is 23.2 Å². The SMILES string of the molecule is Cc1cc(Cl)ccc1-c1ccc2nc(-c3ccc(Cl)cc3)c(CN3CCN(C(=O)NC(C)(C)C)CC3)n2c1. The van der Waals surface area contributed by atoms with Gasteiger partial charge in [-0.05, 0) is 80.8 Å². The van der Waals surface area contributed by atoms with E-state index >= 15 is 0 Å². The molecule has 0 unspecified atom stereocenters. The number of piperazine rings is 1. The van der Waals surface area contributed by atoms with Crippen LogP contribution in [0.2, 0.25) is 10.0 Å². The summed E-state index contributed by atoms with van der Waals surface area (Å²) >= 11 is 12.4. The first-order chi connectivity index (χ1) is 18.1. The van der Waals surface area contributed by atoms with Crippen LogP contribution in [-0.4, -0.2) is 56.9 Å². The summed E-state index contributed by atoms with van der Waals surface area (Å²) in [5.41, 5.74) is 7.10. The number of nitrogens with zero attached hydrogens (tertiary/aromatic N) is 4. The largest absolute Gasteiger partial charge is 0.333 e. The van der Waals surface area contributed by atoms with Crippen molar-refractivity contribution >= 4 is 34.9 Å². The van der Waals surface area contributed by atoms with Gasteiger partial charge in [-0.15, -0.1) is 0 Å². The predicted octanol–water partition coefficient (Wildman–Crippen LogP) is 6.91. The summed E-state index contributed by atoms with van der Waals surface area (Å²) in [5, 5.41) is 4.50. The summed E-state index contributed by atoms with van der Waals surface area (Å²) in [7, 11) is 0.